The summed E-state index contributed by atoms with van der Waals surface area (Å²) in [5, 5.41) is 4.46. The third kappa shape index (κ3) is 6.53. The van der Waals surface area contributed by atoms with Crippen molar-refractivity contribution in [3.05, 3.63) is 112 Å². The van der Waals surface area contributed by atoms with E-state index in [0.717, 1.165) is 11.3 Å². The summed E-state index contributed by atoms with van der Waals surface area (Å²) in [4.78, 5) is 34.6. The highest BCUT2D eigenvalue weighted by molar-refractivity contribution is 8.00. The van der Waals surface area contributed by atoms with Crippen LogP contribution in [0, 0.1) is 0 Å². The summed E-state index contributed by atoms with van der Waals surface area (Å²) < 4.78 is 39.8. The highest BCUT2D eigenvalue weighted by atomic mass is 32.2. The topological polar surface area (TPSA) is 71.3 Å². The van der Waals surface area contributed by atoms with Gasteiger partial charge in [-0.2, -0.15) is 23.0 Å². The molecule has 5 rings (SSSR count). The summed E-state index contributed by atoms with van der Waals surface area (Å²) in [5.41, 5.74) is -1.39. The number of halogens is 3. The van der Waals surface area contributed by atoms with Gasteiger partial charge in [0.05, 0.1) is 17.6 Å². The smallest absolute Gasteiger partial charge is 0.366 e. The summed E-state index contributed by atoms with van der Waals surface area (Å²) in [6.07, 6.45) is 6.29. The molecule has 11 heteroatoms. The van der Waals surface area contributed by atoms with Gasteiger partial charge in [0.25, 0.3) is 11.5 Å². The molecule has 7 nitrogen and oxygen atoms in total. The summed E-state index contributed by atoms with van der Waals surface area (Å²) >= 11 is -0.239. The van der Waals surface area contributed by atoms with E-state index in [2.05, 4.69) is 10.1 Å². The Kier molecular flexibility index (Phi) is 8.20. The molecule has 2 aromatic carbocycles. The van der Waals surface area contributed by atoms with E-state index in [9.17, 15) is 22.8 Å². The van der Waals surface area contributed by atoms with E-state index in [1.54, 1.807) is 23.5 Å². The second-order valence-corrected chi connectivity index (χ2v) is 10.4. The molecule has 0 unspecified atom stereocenters. The number of piperazine rings is 1. The molecular weight excluding hydrogens is 539 g/mol. The number of hydrogen-bond acceptors (Lipinski definition) is 6. The first-order valence-electron chi connectivity index (χ1n) is 12.7. The number of anilines is 1. The van der Waals surface area contributed by atoms with Crippen molar-refractivity contribution >= 4 is 23.4 Å². The molecule has 0 aliphatic carbocycles. The summed E-state index contributed by atoms with van der Waals surface area (Å²) in [7, 11) is 0. The molecule has 1 saturated heterocycles. The standard InChI is InChI=1S/C29H26F3N5O2S/c30-29(31,32)40-24-10-4-7-22(18-24)27(38)36-16-14-35(15-17-36)26-20-34-37(23-8-2-1-3-9-23)28(39)25(26)12-11-21-6-5-13-33-19-21/h1-10,13,18-20H,11-12,14-17H2. The maximum Gasteiger partial charge on any atom is 0.446 e. The van der Waals surface area contributed by atoms with Gasteiger partial charge in [-0.1, -0.05) is 30.3 Å². The molecule has 0 N–H and O–H groups in total. The van der Waals surface area contributed by atoms with Crippen molar-refractivity contribution in [2.24, 2.45) is 0 Å². The van der Waals surface area contributed by atoms with Crippen LogP contribution in [-0.4, -0.2) is 57.3 Å². The average molecular weight is 566 g/mol. The highest BCUT2D eigenvalue weighted by Crippen LogP contribution is 2.37. The molecule has 40 heavy (non-hydrogen) atoms. The van der Waals surface area contributed by atoms with Gasteiger partial charge in [-0.05, 0) is 66.6 Å². The van der Waals surface area contributed by atoms with Gasteiger partial charge in [-0.25, -0.2) is 0 Å². The lowest BCUT2D eigenvalue weighted by molar-refractivity contribution is -0.0328. The quantitative estimate of drug-likeness (QED) is 0.294. The zero-order valence-corrected chi connectivity index (χ0v) is 22.2. The van der Waals surface area contributed by atoms with Crippen LogP contribution in [0.2, 0.25) is 0 Å². The molecule has 4 aromatic rings. The molecular formula is C29H26F3N5O2S. The molecule has 0 saturated carbocycles. The van der Waals surface area contributed by atoms with Crippen LogP contribution in [0.3, 0.4) is 0 Å². The van der Waals surface area contributed by atoms with E-state index in [0.29, 0.717) is 50.3 Å². The van der Waals surface area contributed by atoms with Gasteiger partial charge in [0, 0.05) is 54.6 Å². The lowest BCUT2D eigenvalue weighted by Crippen LogP contribution is -2.49. The third-order valence-corrected chi connectivity index (χ3v) is 7.39. The predicted octanol–water partition coefficient (Wildman–Crippen LogP) is 4.99. The van der Waals surface area contributed by atoms with Crippen LogP contribution in [0.5, 0.6) is 0 Å². The molecule has 0 spiro atoms. The van der Waals surface area contributed by atoms with Crippen molar-refractivity contribution in [1.82, 2.24) is 19.7 Å². The minimum atomic E-state index is -4.43. The van der Waals surface area contributed by atoms with E-state index in [1.165, 1.54) is 28.9 Å². The Hall–Kier alpha value is -4.12. The van der Waals surface area contributed by atoms with Gasteiger partial charge in [0.1, 0.15) is 0 Å². The number of benzene rings is 2. The number of nitrogens with zero attached hydrogens (tertiary/aromatic N) is 5. The number of carbonyl (C=O) groups is 1. The number of aromatic nitrogens is 3. The molecule has 3 heterocycles. The first kappa shape index (κ1) is 27.4. The van der Waals surface area contributed by atoms with Crippen molar-refractivity contribution in [1.29, 1.82) is 0 Å². The van der Waals surface area contributed by atoms with E-state index < -0.39 is 5.51 Å². The number of aryl methyl sites for hydroxylation is 1. The Labute approximate surface area is 233 Å². The molecule has 206 valence electrons. The summed E-state index contributed by atoms with van der Waals surface area (Å²) in [6, 6.07) is 18.6. The van der Waals surface area contributed by atoms with Crippen molar-refractivity contribution in [3.8, 4) is 5.69 Å². The summed E-state index contributed by atoms with van der Waals surface area (Å²) in [6.45, 7) is 1.64. The molecule has 0 bridgehead atoms. The van der Waals surface area contributed by atoms with Gasteiger partial charge >= 0.3 is 5.51 Å². The first-order valence-corrected chi connectivity index (χ1v) is 13.6. The molecule has 1 amide bonds. The number of rotatable bonds is 7. The average Bonchev–Trinajstić information content (AvgIpc) is 2.96. The number of carbonyl (C=O) groups excluding carboxylic acids is 1. The number of hydrogen-bond donors (Lipinski definition) is 0. The van der Waals surface area contributed by atoms with Crippen LogP contribution in [0.15, 0.2) is 95.0 Å². The normalized spacial score (nSPS) is 13.9. The Morgan fingerprint density at radius 3 is 2.38 bits per heavy atom. The maximum absolute atomic E-state index is 13.7. The summed E-state index contributed by atoms with van der Waals surface area (Å²) in [5.74, 6) is -0.321. The zero-order chi connectivity index (χ0) is 28.1. The van der Waals surface area contributed by atoms with Gasteiger partial charge in [0.2, 0.25) is 0 Å². The fraction of sp³-hybridized carbons (Fsp3) is 0.241. The Balaban J connectivity index is 1.35. The van der Waals surface area contributed by atoms with Crippen LogP contribution >= 0.6 is 11.8 Å². The van der Waals surface area contributed by atoms with Crippen LogP contribution in [0.1, 0.15) is 21.5 Å². The number of amides is 1. The van der Waals surface area contributed by atoms with Crippen LogP contribution in [0.25, 0.3) is 5.69 Å². The van der Waals surface area contributed by atoms with Gasteiger partial charge < -0.3 is 9.80 Å². The monoisotopic (exact) mass is 565 g/mol. The van der Waals surface area contributed by atoms with Crippen LogP contribution in [-0.2, 0) is 12.8 Å². The van der Waals surface area contributed by atoms with Crippen LogP contribution < -0.4 is 10.5 Å². The largest absolute Gasteiger partial charge is 0.446 e. The molecule has 2 aromatic heterocycles. The first-order chi connectivity index (χ1) is 19.3. The lowest BCUT2D eigenvalue weighted by atomic mass is 10.0. The molecule has 1 aliphatic rings. The molecule has 1 aliphatic heterocycles. The van der Waals surface area contributed by atoms with Crippen LogP contribution in [0.4, 0.5) is 18.9 Å². The molecule has 1 fully saturated rings. The highest BCUT2D eigenvalue weighted by Gasteiger charge is 2.30. The number of pyridine rings is 1. The van der Waals surface area contributed by atoms with Crippen molar-refractivity contribution in [3.63, 3.8) is 0 Å². The van der Waals surface area contributed by atoms with E-state index >= 15 is 0 Å². The van der Waals surface area contributed by atoms with Gasteiger partial charge in [-0.15, -0.1) is 0 Å². The Morgan fingerprint density at radius 1 is 0.900 bits per heavy atom. The number of thioether (sulfide) groups is 1. The molecule has 0 atom stereocenters. The van der Waals surface area contributed by atoms with E-state index in [4.69, 9.17) is 0 Å². The zero-order valence-electron chi connectivity index (χ0n) is 21.4. The lowest BCUT2D eigenvalue weighted by Gasteiger charge is -2.36. The molecule has 0 radical (unpaired) electrons. The second-order valence-electron chi connectivity index (χ2n) is 9.28. The fourth-order valence-electron chi connectivity index (χ4n) is 4.72. The number of alkyl halides is 3. The van der Waals surface area contributed by atoms with Gasteiger partial charge in [-0.3, -0.25) is 14.6 Å². The second kappa shape index (κ2) is 12.0. The minimum absolute atomic E-state index is 0.0275. The maximum atomic E-state index is 13.7. The third-order valence-electron chi connectivity index (χ3n) is 6.66. The van der Waals surface area contributed by atoms with Crippen molar-refractivity contribution in [2.45, 2.75) is 23.2 Å². The van der Waals surface area contributed by atoms with E-state index in [-0.39, 0.29) is 33.7 Å². The van der Waals surface area contributed by atoms with Crippen molar-refractivity contribution < 1.29 is 18.0 Å². The van der Waals surface area contributed by atoms with Gasteiger partial charge in [0.15, 0.2) is 0 Å². The van der Waals surface area contributed by atoms with E-state index in [1.807, 2.05) is 47.4 Å². The minimum Gasteiger partial charge on any atom is -0.366 e. The Bertz CT molecular complexity index is 1520. The Morgan fingerprint density at radius 2 is 1.68 bits per heavy atom. The SMILES string of the molecule is O=C(c1cccc(SC(F)(F)F)c1)N1CCN(c2cnn(-c3ccccc3)c(=O)c2CCc2cccnc2)CC1. The van der Waals surface area contributed by atoms with Crippen molar-refractivity contribution in [2.75, 3.05) is 31.1 Å². The number of para-hydroxylation sites is 1. The fourth-order valence-corrected chi connectivity index (χ4v) is 5.32. The predicted molar refractivity (Wildman–Crippen MR) is 148 cm³/mol.